The number of hydrogen-bond acceptors (Lipinski definition) is 3. The molecule has 2 aliphatic carbocycles. The SMILES string of the molecule is CNC1CC(OCCOCC(C)C)C12CCCCCC2. The normalized spacial score (nSPS) is 29.4. The van der Waals surface area contributed by atoms with Gasteiger partial charge >= 0.3 is 0 Å². The van der Waals surface area contributed by atoms with E-state index in [2.05, 4.69) is 26.2 Å². The zero-order chi connectivity index (χ0) is 14.4. The van der Waals surface area contributed by atoms with Gasteiger partial charge in [-0.25, -0.2) is 0 Å². The van der Waals surface area contributed by atoms with E-state index in [0.29, 0.717) is 23.5 Å². The van der Waals surface area contributed by atoms with Crippen LogP contribution >= 0.6 is 0 Å². The number of ether oxygens (including phenoxy) is 2. The summed E-state index contributed by atoms with van der Waals surface area (Å²) in [5.41, 5.74) is 0.420. The summed E-state index contributed by atoms with van der Waals surface area (Å²) >= 11 is 0. The lowest BCUT2D eigenvalue weighted by atomic mass is 9.58. The van der Waals surface area contributed by atoms with Crippen molar-refractivity contribution in [1.29, 1.82) is 0 Å². The van der Waals surface area contributed by atoms with E-state index in [0.717, 1.165) is 19.8 Å². The van der Waals surface area contributed by atoms with Crippen LogP contribution < -0.4 is 5.32 Å². The third kappa shape index (κ3) is 3.75. The molecule has 2 atom stereocenters. The summed E-state index contributed by atoms with van der Waals surface area (Å²) in [7, 11) is 2.11. The van der Waals surface area contributed by atoms with E-state index in [1.807, 2.05) is 0 Å². The Labute approximate surface area is 124 Å². The van der Waals surface area contributed by atoms with E-state index in [1.165, 1.54) is 44.9 Å². The fraction of sp³-hybridized carbons (Fsp3) is 1.00. The highest BCUT2D eigenvalue weighted by Crippen LogP contribution is 2.52. The summed E-state index contributed by atoms with van der Waals surface area (Å²) in [6, 6.07) is 0.669. The molecule has 1 N–H and O–H groups in total. The summed E-state index contributed by atoms with van der Waals surface area (Å²) in [4.78, 5) is 0. The maximum absolute atomic E-state index is 6.18. The minimum Gasteiger partial charge on any atom is -0.379 e. The Morgan fingerprint density at radius 2 is 1.80 bits per heavy atom. The van der Waals surface area contributed by atoms with Gasteiger partial charge in [0.2, 0.25) is 0 Å². The second-order valence-corrected chi connectivity index (χ2v) is 7.05. The van der Waals surface area contributed by atoms with E-state index in [9.17, 15) is 0 Å². The Morgan fingerprint density at radius 3 is 2.40 bits per heavy atom. The van der Waals surface area contributed by atoms with Gasteiger partial charge in [0.15, 0.2) is 0 Å². The van der Waals surface area contributed by atoms with Gasteiger partial charge in [-0.3, -0.25) is 0 Å². The molecule has 0 aromatic heterocycles. The van der Waals surface area contributed by atoms with E-state index >= 15 is 0 Å². The first-order chi connectivity index (χ1) is 9.69. The molecule has 3 nitrogen and oxygen atoms in total. The molecular weight excluding hydrogens is 250 g/mol. The van der Waals surface area contributed by atoms with Crippen LogP contribution in [0.5, 0.6) is 0 Å². The molecule has 0 aliphatic heterocycles. The van der Waals surface area contributed by atoms with Crippen molar-refractivity contribution in [2.75, 3.05) is 26.9 Å². The Balaban J connectivity index is 1.76. The zero-order valence-corrected chi connectivity index (χ0v) is 13.6. The van der Waals surface area contributed by atoms with Crippen LogP contribution in [0.2, 0.25) is 0 Å². The smallest absolute Gasteiger partial charge is 0.0704 e. The van der Waals surface area contributed by atoms with Crippen LogP contribution in [0.1, 0.15) is 58.8 Å². The molecule has 0 heterocycles. The van der Waals surface area contributed by atoms with Gasteiger partial charge < -0.3 is 14.8 Å². The van der Waals surface area contributed by atoms with Gasteiger partial charge in [0.25, 0.3) is 0 Å². The summed E-state index contributed by atoms with van der Waals surface area (Å²) in [6.45, 7) is 6.72. The summed E-state index contributed by atoms with van der Waals surface area (Å²) in [5.74, 6) is 0.612. The second-order valence-electron chi connectivity index (χ2n) is 7.05. The quantitative estimate of drug-likeness (QED) is 0.727. The van der Waals surface area contributed by atoms with Gasteiger partial charge in [-0.05, 0) is 32.2 Å². The third-order valence-electron chi connectivity index (χ3n) is 5.17. The molecular formula is C17H33NO2. The maximum Gasteiger partial charge on any atom is 0.0704 e. The van der Waals surface area contributed by atoms with Crippen LogP contribution in [-0.4, -0.2) is 39.0 Å². The lowest BCUT2D eigenvalue weighted by Crippen LogP contribution is -2.63. The molecule has 2 unspecified atom stereocenters. The molecule has 3 heteroatoms. The van der Waals surface area contributed by atoms with Crippen LogP contribution in [0.25, 0.3) is 0 Å². The highest BCUT2D eigenvalue weighted by atomic mass is 16.5. The first kappa shape index (κ1) is 16.3. The van der Waals surface area contributed by atoms with Gasteiger partial charge in [-0.2, -0.15) is 0 Å². The molecule has 0 aromatic carbocycles. The Kier molecular flexibility index (Phi) is 6.31. The van der Waals surface area contributed by atoms with Crippen LogP contribution in [0.4, 0.5) is 0 Å². The Hall–Kier alpha value is -0.120. The molecule has 0 amide bonds. The van der Waals surface area contributed by atoms with Crippen molar-refractivity contribution < 1.29 is 9.47 Å². The average molecular weight is 283 g/mol. The van der Waals surface area contributed by atoms with Gasteiger partial charge in [0.1, 0.15) is 0 Å². The molecule has 20 heavy (non-hydrogen) atoms. The van der Waals surface area contributed by atoms with Gasteiger partial charge in [0, 0.05) is 18.1 Å². The molecule has 1 spiro atoms. The molecule has 2 saturated carbocycles. The van der Waals surface area contributed by atoms with E-state index in [1.54, 1.807) is 0 Å². The van der Waals surface area contributed by atoms with E-state index in [-0.39, 0.29) is 0 Å². The number of nitrogens with one attached hydrogen (secondary N) is 1. The predicted molar refractivity (Wildman–Crippen MR) is 83.0 cm³/mol. The van der Waals surface area contributed by atoms with Crippen LogP contribution in [0.15, 0.2) is 0 Å². The lowest BCUT2D eigenvalue weighted by Gasteiger charge is -2.56. The highest BCUT2D eigenvalue weighted by Gasteiger charge is 2.54. The number of hydrogen-bond donors (Lipinski definition) is 1. The first-order valence-electron chi connectivity index (χ1n) is 8.55. The van der Waals surface area contributed by atoms with Crippen molar-refractivity contribution in [3.63, 3.8) is 0 Å². The van der Waals surface area contributed by atoms with Crippen LogP contribution in [0.3, 0.4) is 0 Å². The topological polar surface area (TPSA) is 30.5 Å². The third-order valence-corrected chi connectivity index (χ3v) is 5.17. The fourth-order valence-corrected chi connectivity index (χ4v) is 4.01. The average Bonchev–Trinajstić information content (AvgIpc) is 2.68. The standard InChI is InChI=1S/C17H33NO2/c1-14(2)13-19-10-11-20-16-12-15(18-3)17(16)8-6-4-5-7-9-17/h14-16,18H,4-13H2,1-3H3. The Bertz CT molecular complexity index is 272. The van der Waals surface area contributed by atoms with Crippen molar-refractivity contribution in [3.8, 4) is 0 Å². The van der Waals surface area contributed by atoms with Gasteiger partial charge in [0.05, 0.1) is 19.3 Å². The summed E-state index contributed by atoms with van der Waals surface area (Å²) in [5, 5.41) is 3.52. The molecule has 0 bridgehead atoms. The molecule has 2 rings (SSSR count). The Morgan fingerprint density at radius 1 is 1.10 bits per heavy atom. The van der Waals surface area contributed by atoms with Gasteiger partial charge in [-0.1, -0.05) is 39.5 Å². The lowest BCUT2D eigenvalue weighted by molar-refractivity contribution is -0.150. The van der Waals surface area contributed by atoms with Gasteiger partial charge in [-0.15, -0.1) is 0 Å². The second kappa shape index (κ2) is 7.77. The minimum atomic E-state index is 0.420. The van der Waals surface area contributed by atoms with Crippen molar-refractivity contribution in [2.24, 2.45) is 11.3 Å². The highest BCUT2D eigenvalue weighted by molar-refractivity contribution is 5.07. The van der Waals surface area contributed by atoms with E-state index < -0.39 is 0 Å². The monoisotopic (exact) mass is 283 g/mol. The molecule has 118 valence electrons. The summed E-state index contributed by atoms with van der Waals surface area (Å²) < 4.78 is 11.8. The summed E-state index contributed by atoms with van der Waals surface area (Å²) in [6.07, 6.45) is 9.89. The first-order valence-corrected chi connectivity index (χ1v) is 8.55. The molecule has 0 radical (unpaired) electrons. The maximum atomic E-state index is 6.18. The van der Waals surface area contributed by atoms with Crippen molar-refractivity contribution in [2.45, 2.75) is 70.9 Å². The van der Waals surface area contributed by atoms with Crippen molar-refractivity contribution >= 4 is 0 Å². The van der Waals surface area contributed by atoms with E-state index in [4.69, 9.17) is 9.47 Å². The minimum absolute atomic E-state index is 0.420. The molecule has 0 aromatic rings. The van der Waals surface area contributed by atoms with Crippen LogP contribution in [-0.2, 0) is 9.47 Å². The fourth-order valence-electron chi connectivity index (χ4n) is 4.01. The molecule has 0 saturated heterocycles. The van der Waals surface area contributed by atoms with Crippen molar-refractivity contribution in [3.05, 3.63) is 0 Å². The van der Waals surface area contributed by atoms with Crippen LogP contribution in [0, 0.1) is 11.3 Å². The number of rotatable bonds is 7. The molecule has 2 aliphatic rings. The predicted octanol–water partition coefficient (Wildman–Crippen LogP) is 3.38. The van der Waals surface area contributed by atoms with Crippen molar-refractivity contribution in [1.82, 2.24) is 5.32 Å². The zero-order valence-electron chi connectivity index (χ0n) is 13.6. The largest absolute Gasteiger partial charge is 0.379 e. The molecule has 2 fully saturated rings.